The fourth-order valence-electron chi connectivity index (χ4n) is 1.31. The minimum Gasteiger partial charge on any atom is -0.243 e. The molecule has 0 amide bonds. The number of sulfonamides is 1. The normalized spacial score (nSPS) is 11.2. The Morgan fingerprint density at radius 2 is 2.21 bits per heavy atom. The van der Waals surface area contributed by atoms with Crippen molar-refractivity contribution in [1.82, 2.24) is 9.71 Å². The van der Waals surface area contributed by atoms with Gasteiger partial charge in [0, 0.05) is 22.1 Å². The zero-order valence-corrected chi connectivity index (χ0v) is 12.7. The Morgan fingerprint density at radius 3 is 2.84 bits per heavy atom. The van der Waals surface area contributed by atoms with Crippen LogP contribution in [0.25, 0.3) is 0 Å². The first-order valence-corrected chi connectivity index (χ1v) is 8.20. The lowest BCUT2D eigenvalue weighted by Crippen LogP contribution is -2.23. The molecule has 0 spiro atoms. The zero-order chi connectivity index (χ0) is 13.9. The molecule has 0 aliphatic carbocycles. The summed E-state index contributed by atoms with van der Waals surface area (Å²) in [5.41, 5.74) is 0. The number of pyridine rings is 1. The number of rotatable bonds is 4. The van der Waals surface area contributed by atoms with Crippen LogP contribution in [-0.2, 0) is 16.6 Å². The Balaban J connectivity index is 2.12. The molecule has 2 aromatic heterocycles. The third-order valence-electron chi connectivity index (χ3n) is 2.18. The van der Waals surface area contributed by atoms with Crippen LogP contribution in [0.4, 0.5) is 0 Å². The van der Waals surface area contributed by atoms with Crippen molar-refractivity contribution in [3.63, 3.8) is 0 Å². The van der Waals surface area contributed by atoms with E-state index in [0.29, 0.717) is 9.35 Å². The SMILES string of the molecule is N#Cc1ccc(CNS(=O)(=O)c2cc(Br)ccn2)s1. The summed E-state index contributed by atoms with van der Waals surface area (Å²) in [6.45, 7) is 0.142. The molecule has 0 saturated carbocycles. The van der Waals surface area contributed by atoms with Gasteiger partial charge in [0.2, 0.25) is 0 Å². The summed E-state index contributed by atoms with van der Waals surface area (Å²) in [5.74, 6) is 0. The number of aromatic nitrogens is 1. The average molecular weight is 358 g/mol. The minimum atomic E-state index is -3.65. The van der Waals surface area contributed by atoms with Gasteiger partial charge >= 0.3 is 0 Å². The van der Waals surface area contributed by atoms with E-state index in [4.69, 9.17) is 5.26 Å². The Kier molecular flexibility index (Phi) is 4.31. The van der Waals surface area contributed by atoms with Gasteiger partial charge in [-0.05, 0) is 24.3 Å². The molecule has 2 aromatic rings. The molecular formula is C11H8BrN3O2S2. The second kappa shape index (κ2) is 5.79. The number of hydrogen-bond donors (Lipinski definition) is 1. The van der Waals surface area contributed by atoms with Crippen LogP contribution in [0.5, 0.6) is 0 Å². The monoisotopic (exact) mass is 357 g/mol. The summed E-state index contributed by atoms with van der Waals surface area (Å²) in [4.78, 5) is 5.14. The van der Waals surface area contributed by atoms with E-state index in [9.17, 15) is 8.42 Å². The maximum Gasteiger partial charge on any atom is 0.258 e. The predicted molar refractivity (Wildman–Crippen MR) is 75.0 cm³/mol. The molecule has 2 rings (SSSR count). The number of thiophene rings is 1. The second-order valence-corrected chi connectivity index (χ2v) is 7.31. The summed E-state index contributed by atoms with van der Waals surface area (Å²) in [6, 6.07) is 8.47. The Morgan fingerprint density at radius 1 is 1.42 bits per heavy atom. The molecule has 0 aliphatic heterocycles. The Bertz CT molecular complexity index is 734. The highest BCUT2D eigenvalue weighted by Gasteiger charge is 2.16. The van der Waals surface area contributed by atoms with Crippen LogP contribution >= 0.6 is 27.3 Å². The van der Waals surface area contributed by atoms with Gasteiger partial charge in [-0.15, -0.1) is 11.3 Å². The molecule has 0 fully saturated rings. The smallest absolute Gasteiger partial charge is 0.243 e. The van der Waals surface area contributed by atoms with Gasteiger partial charge in [-0.25, -0.2) is 18.1 Å². The van der Waals surface area contributed by atoms with Gasteiger partial charge in [0.25, 0.3) is 10.0 Å². The molecule has 0 atom stereocenters. The lowest BCUT2D eigenvalue weighted by Gasteiger charge is -2.04. The quantitative estimate of drug-likeness (QED) is 0.909. The average Bonchev–Trinajstić information content (AvgIpc) is 2.84. The molecule has 0 unspecified atom stereocenters. The van der Waals surface area contributed by atoms with Crippen LogP contribution in [0, 0.1) is 11.3 Å². The lowest BCUT2D eigenvalue weighted by molar-refractivity contribution is 0.578. The summed E-state index contributed by atoms with van der Waals surface area (Å²) in [7, 11) is -3.65. The van der Waals surface area contributed by atoms with Crippen molar-refractivity contribution in [2.45, 2.75) is 11.6 Å². The predicted octanol–water partition coefficient (Wildman–Crippen LogP) is 2.26. The molecule has 8 heteroatoms. The van der Waals surface area contributed by atoms with Gasteiger partial charge in [-0.3, -0.25) is 0 Å². The second-order valence-electron chi connectivity index (χ2n) is 3.51. The largest absolute Gasteiger partial charge is 0.258 e. The number of halogens is 1. The lowest BCUT2D eigenvalue weighted by atomic mass is 10.4. The molecule has 0 radical (unpaired) electrons. The molecule has 98 valence electrons. The molecule has 0 saturated heterocycles. The number of nitrogens with one attached hydrogen (secondary N) is 1. The molecule has 5 nitrogen and oxygen atoms in total. The molecule has 1 N–H and O–H groups in total. The maximum absolute atomic E-state index is 12.0. The summed E-state index contributed by atoms with van der Waals surface area (Å²) < 4.78 is 27.0. The van der Waals surface area contributed by atoms with Gasteiger partial charge in [0.15, 0.2) is 5.03 Å². The highest BCUT2D eigenvalue weighted by Crippen LogP contribution is 2.17. The third-order valence-corrected chi connectivity index (χ3v) is 4.96. The van der Waals surface area contributed by atoms with Crippen LogP contribution < -0.4 is 4.72 Å². The van der Waals surface area contributed by atoms with Gasteiger partial charge < -0.3 is 0 Å². The highest BCUT2D eigenvalue weighted by atomic mass is 79.9. The molecule has 2 heterocycles. The molecule has 0 bridgehead atoms. The van der Waals surface area contributed by atoms with Crippen LogP contribution in [0.15, 0.2) is 40.0 Å². The topological polar surface area (TPSA) is 82.9 Å². The van der Waals surface area contributed by atoms with Crippen LogP contribution in [-0.4, -0.2) is 13.4 Å². The summed E-state index contributed by atoms with van der Waals surface area (Å²) >= 11 is 4.45. The third kappa shape index (κ3) is 3.61. The fraction of sp³-hybridized carbons (Fsp3) is 0.0909. The van der Waals surface area contributed by atoms with E-state index in [2.05, 4.69) is 25.6 Å². The molecule has 0 aliphatic rings. The van der Waals surface area contributed by atoms with Crippen molar-refractivity contribution in [2.24, 2.45) is 0 Å². The number of hydrogen-bond acceptors (Lipinski definition) is 5. The van der Waals surface area contributed by atoms with E-state index < -0.39 is 10.0 Å². The Labute approximate surface area is 123 Å². The molecular weight excluding hydrogens is 350 g/mol. The number of nitrogens with zero attached hydrogens (tertiary/aromatic N) is 2. The van der Waals surface area contributed by atoms with Crippen molar-refractivity contribution < 1.29 is 8.42 Å². The highest BCUT2D eigenvalue weighted by molar-refractivity contribution is 9.10. The van der Waals surface area contributed by atoms with E-state index in [1.54, 1.807) is 18.2 Å². The van der Waals surface area contributed by atoms with Gasteiger partial charge in [-0.1, -0.05) is 15.9 Å². The van der Waals surface area contributed by atoms with Gasteiger partial charge in [-0.2, -0.15) is 5.26 Å². The van der Waals surface area contributed by atoms with Gasteiger partial charge in [0.05, 0.1) is 0 Å². The zero-order valence-electron chi connectivity index (χ0n) is 9.50. The standard InChI is InChI=1S/C11H8BrN3O2S2/c12-8-3-4-14-11(5-8)19(16,17)15-7-10-2-1-9(6-13)18-10/h1-5,15H,7H2. The van der Waals surface area contributed by atoms with Crippen molar-refractivity contribution in [2.75, 3.05) is 0 Å². The summed E-state index contributed by atoms with van der Waals surface area (Å²) in [6.07, 6.45) is 1.41. The van der Waals surface area contributed by atoms with Crippen LogP contribution in [0.1, 0.15) is 9.75 Å². The fourth-order valence-corrected chi connectivity index (χ4v) is 3.60. The van der Waals surface area contributed by atoms with Crippen molar-refractivity contribution in [3.05, 3.63) is 44.7 Å². The van der Waals surface area contributed by atoms with Crippen molar-refractivity contribution in [3.8, 4) is 6.07 Å². The van der Waals surface area contributed by atoms with Crippen LogP contribution in [0.2, 0.25) is 0 Å². The first kappa shape index (κ1) is 14.1. The van der Waals surface area contributed by atoms with Crippen molar-refractivity contribution >= 4 is 37.3 Å². The first-order valence-electron chi connectivity index (χ1n) is 5.11. The first-order chi connectivity index (χ1) is 9.01. The van der Waals surface area contributed by atoms with E-state index in [1.165, 1.54) is 23.6 Å². The van der Waals surface area contributed by atoms with E-state index in [1.807, 2.05) is 6.07 Å². The van der Waals surface area contributed by atoms with E-state index in [0.717, 1.165) is 4.88 Å². The van der Waals surface area contributed by atoms with Crippen LogP contribution in [0.3, 0.4) is 0 Å². The van der Waals surface area contributed by atoms with Gasteiger partial charge in [0.1, 0.15) is 10.9 Å². The summed E-state index contributed by atoms with van der Waals surface area (Å²) in [5, 5.41) is 8.65. The maximum atomic E-state index is 12.0. The molecule has 19 heavy (non-hydrogen) atoms. The molecule has 0 aromatic carbocycles. The Hall–Kier alpha value is -1.27. The van der Waals surface area contributed by atoms with E-state index >= 15 is 0 Å². The minimum absolute atomic E-state index is 0.0427. The van der Waals surface area contributed by atoms with Crippen molar-refractivity contribution in [1.29, 1.82) is 5.26 Å². The van der Waals surface area contributed by atoms with E-state index in [-0.39, 0.29) is 11.6 Å². The number of nitriles is 1.